The fourth-order valence-corrected chi connectivity index (χ4v) is 5.09. The van der Waals surface area contributed by atoms with Gasteiger partial charge in [-0.25, -0.2) is 18.4 Å². The summed E-state index contributed by atoms with van der Waals surface area (Å²) < 4.78 is 33.1. The van der Waals surface area contributed by atoms with Gasteiger partial charge in [-0.15, -0.1) is 0 Å². The Hall–Kier alpha value is -2.39. The molecule has 0 unspecified atom stereocenters. The topological polar surface area (TPSA) is 87.7 Å². The van der Waals surface area contributed by atoms with E-state index in [1.54, 1.807) is 22.5 Å². The number of aryl methyl sites for hydroxylation is 1. The summed E-state index contributed by atoms with van der Waals surface area (Å²) in [4.78, 5) is 11.3. The second-order valence-corrected chi connectivity index (χ2v) is 8.89. The number of hydrogen-bond donors (Lipinski definition) is 1. The van der Waals surface area contributed by atoms with Gasteiger partial charge in [0, 0.05) is 45.2 Å². The Balaban J connectivity index is 1.48. The van der Waals surface area contributed by atoms with E-state index in [1.165, 1.54) is 0 Å². The van der Waals surface area contributed by atoms with Crippen LogP contribution in [0.1, 0.15) is 18.3 Å². The zero-order valence-electron chi connectivity index (χ0n) is 16.2. The fraction of sp³-hybridized carbons (Fsp3) is 0.474. The summed E-state index contributed by atoms with van der Waals surface area (Å²) in [5, 5.41) is 3.21. The second-order valence-electron chi connectivity index (χ2n) is 6.95. The SMILES string of the molecule is CCNc1cc(N2CCN(S(=O)(=O)c3ccc4c(c3)CCO4)CC2)nc(C)n1. The zero-order chi connectivity index (χ0) is 19.7. The monoisotopic (exact) mass is 403 g/mol. The standard InChI is InChI=1S/C19H25N5O3S/c1-3-20-18-13-19(22-14(2)21-18)23-7-9-24(10-8-23)28(25,26)16-4-5-17-15(12-16)6-11-27-17/h4-5,12-13H,3,6-11H2,1-2H3,(H,20,21,22). The van der Waals surface area contributed by atoms with Crippen LogP contribution in [0, 0.1) is 6.92 Å². The van der Waals surface area contributed by atoms with Crippen LogP contribution >= 0.6 is 0 Å². The lowest BCUT2D eigenvalue weighted by atomic mass is 10.2. The lowest BCUT2D eigenvalue weighted by Crippen LogP contribution is -2.49. The number of fused-ring (bicyclic) bond motifs is 1. The van der Waals surface area contributed by atoms with Crippen molar-refractivity contribution < 1.29 is 13.2 Å². The number of aromatic nitrogens is 2. The van der Waals surface area contributed by atoms with E-state index >= 15 is 0 Å². The highest BCUT2D eigenvalue weighted by Gasteiger charge is 2.30. The lowest BCUT2D eigenvalue weighted by Gasteiger charge is -2.34. The smallest absolute Gasteiger partial charge is 0.243 e. The van der Waals surface area contributed by atoms with Crippen LogP contribution in [0.5, 0.6) is 5.75 Å². The van der Waals surface area contributed by atoms with Crippen molar-refractivity contribution in [3.05, 3.63) is 35.7 Å². The first kappa shape index (κ1) is 18.9. The summed E-state index contributed by atoms with van der Waals surface area (Å²) in [5.41, 5.74) is 0.965. The Morgan fingerprint density at radius 3 is 2.68 bits per heavy atom. The van der Waals surface area contributed by atoms with Crippen molar-refractivity contribution in [2.24, 2.45) is 0 Å². The number of ether oxygens (including phenoxy) is 1. The van der Waals surface area contributed by atoms with Crippen LogP contribution in [-0.4, -0.2) is 62.0 Å². The maximum atomic E-state index is 13.1. The number of piperazine rings is 1. The molecule has 4 rings (SSSR count). The van der Waals surface area contributed by atoms with E-state index in [4.69, 9.17) is 4.74 Å². The van der Waals surface area contributed by atoms with Crippen molar-refractivity contribution in [1.82, 2.24) is 14.3 Å². The molecule has 1 aromatic heterocycles. The molecule has 0 saturated carbocycles. The summed E-state index contributed by atoms with van der Waals surface area (Å²) in [6.07, 6.45) is 0.758. The van der Waals surface area contributed by atoms with Crippen LogP contribution in [0.3, 0.4) is 0 Å². The Morgan fingerprint density at radius 1 is 1.14 bits per heavy atom. The molecule has 1 fully saturated rings. The molecule has 0 atom stereocenters. The van der Waals surface area contributed by atoms with Gasteiger partial charge in [-0.3, -0.25) is 0 Å². The van der Waals surface area contributed by atoms with Gasteiger partial charge in [0.15, 0.2) is 0 Å². The van der Waals surface area contributed by atoms with Crippen molar-refractivity contribution in [3.63, 3.8) is 0 Å². The number of benzene rings is 1. The lowest BCUT2D eigenvalue weighted by molar-refractivity contribution is 0.356. The second kappa shape index (κ2) is 7.56. The third-order valence-corrected chi connectivity index (χ3v) is 6.94. The van der Waals surface area contributed by atoms with Gasteiger partial charge in [-0.2, -0.15) is 4.31 Å². The van der Waals surface area contributed by atoms with Gasteiger partial charge in [-0.1, -0.05) is 0 Å². The first-order valence-electron chi connectivity index (χ1n) is 9.58. The van der Waals surface area contributed by atoms with Crippen LogP contribution in [-0.2, 0) is 16.4 Å². The molecule has 150 valence electrons. The van der Waals surface area contributed by atoms with Gasteiger partial charge in [0.1, 0.15) is 23.2 Å². The van der Waals surface area contributed by atoms with E-state index in [-0.39, 0.29) is 0 Å². The van der Waals surface area contributed by atoms with Gasteiger partial charge in [-0.05, 0) is 37.6 Å². The van der Waals surface area contributed by atoms with Crippen LogP contribution in [0.25, 0.3) is 0 Å². The van der Waals surface area contributed by atoms with E-state index in [2.05, 4.69) is 20.2 Å². The molecule has 8 nitrogen and oxygen atoms in total. The molecule has 28 heavy (non-hydrogen) atoms. The Labute approximate surface area is 165 Å². The quantitative estimate of drug-likeness (QED) is 0.812. The highest BCUT2D eigenvalue weighted by molar-refractivity contribution is 7.89. The van der Waals surface area contributed by atoms with E-state index in [0.717, 1.165) is 35.9 Å². The Kier molecular flexibility index (Phi) is 5.11. The van der Waals surface area contributed by atoms with E-state index < -0.39 is 10.0 Å². The molecule has 0 aliphatic carbocycles. The summed E-state index contributed by atoms with van der Waals surface area (Å²) in [5.74, 6) is 3.11. The predicted octanol–water partition coefficient (Wildman–Crippen LogP) is 1.66. The molecule has 9 heteroatoms. The van der Waals surface area contributed by atoms with E-state index in [9.17, 15) is 8.42 Å². The van der Waals surface area contributed by atoms with Crippen molar-refractivity contribution >= 4 is 21.7 Å². The number of anilines is 2. The first-order chi connectivity index (χ1) is 13.5. The van der Waals surface area contributed by atoms with Gasteiger partial charge in [0.25, 0.3) is 0 Å². The van der Waals surface area contributed by atoms with Gasteiger partial charge < -0.3 is 15.0 Å². The minimum absolute atomic E-state index is 0.345. The highest BCUT2D eigenvalue weighted by atomic mass is 32.2. The summed E-state index contributed by atoms with van der Waals surface area (Å²) in [6.45, 7) is 7.32. The van der Waals surface area contributed by atoms with Gasteiger partial charge in [0.05, 0.1) is 11.5 Å². The summed E-state index contributed by atoms with van der Waals surface area (Å²) >= 11 is 0. The molecule has 0 amide bonds. The summed E-state index contributed by atoms with van der Waals surface area (Å²) in [6, 6.07) is 7.07. The molecule has 1 N–H and O–H groups in total. The Morgan fingerprint density at radius 2 is 1.93 bits per heavy atom. The van der Waals surface area contributed by atoms with Gasteiger partial charge in [0.2, 0.25) is 10.0 Å². The molecule has 1 aromatic carbocycles. The molecular formula is C19H25N5O3S. The van der Waals surface area contributed by atoms with E-state index in [0.29, 0.717) is 43.5 Å². The average Bonchev–Trinajstić information content (AvgIpc) is 3.16. The van der Waals surface area contributed by atoms with Crippen LogP contribution in [0.2, 0.25) is 0 Å². The largest absolute Gasteiger partial charge is 0.493 e. The Bertz CT molecular complexity index is 972. The maximum Gasteiger partial charge on any atom is 0.243 e. The number of nitrogens with one attached hydrogen (secondary N) is 1. The van der Waals surface area contributed by atoms with Crippen molar-refractivity contribution in [1.29, 1.82) is 0 Å². The molecule has 0 bridgehead atoms. The number of nitrogens with zero attached hydrogens (tertiary/aromatic N) is 4. The number of sulfonamides is 1. The number of rotatable bonds is 5. The first-order valence-corrected chi connectivity index (χ1v) is 11.0. The van der Waals surface area contributed by atoms with Crippen molar-refractivity contribution in [2.45, 2.75) is 25.2 Å². The van der Waals surface area contributed by atoms with Crippen molar-refractivity contribution in [2.75, 3.05) is 49.5 Å². The maximum absolute atomic E-state index is 13.1. The predicted molar refractivity (Wildman–Crippen MR) is 108 cm³/mol. The third-order valence-electron chi connectivity index (χ3n) is 5.04. The van der Waals surface area contributed by atoms with Gasteiger partial charge >= 0.3 is 0 Å². The minimum Gasteiger partial charge on any atom is -0.493 e. The molecule has 2 aliphatic rings. The molecule has 2 aromatic rings. The minimum atomic E-state index is -3.51. The van der Waals surface area contributed by atoms with E-state index in [1.807, 2.05) is 19.9 Å². The number of hydrogen-bond acceptors (Lipinski definition) is 7. The third kappa shape index (κ3) is 3.64. The molecule has 2 aliphatic heterocycles. The molecule has 3 heterocycles. The molecule has 0 spiro atoms. The molecule has 1 saturated heterocycles. The summed E-state index contributed by atoms with van der Waals surface area (Å²) in [7, 11) is -3.51. The highest BCUT2D eigenvalue weighted by Crippen LogP contribution is 2.29. The fourth-order valence-electron chi connectivity index (χ4n) is 3.62. The van der Waals surface area contributed by atoms with Crippen molar-refractivity contribution in [3.8, 4) is 5.75 Å². The molecule has 0 radical (unpaired) electrons. The van der Waals surface area contributed by atoms with Crippen LogP contribution < -0.4 is 15.0 Å². The molecular weight excluding hydrogens is 378 g/mol. The van der Waals surface area contributed by atoms with Crippen LogP contribution in [0.15, 0.2) is 29.2 Å². The average molecular weight is 404 g/mol. The normalized spacial score (nSPS) is 17.3. The van der Waals surface area contributed by atoms with Crippen LogP contribution in [0.4, 0.5) is 11.6 Å². The zero-order valence-corrected chi connectivity index (χ0v) is 17.0.